The van der Waals surface area contributed by atoms with E-state index in [4.69, 9.17) is 4.42 Å². The topological polar surface area (TPSA) is 91.6 Å². The maximum atomic E-state index is 13.7. The fourth-order valence-electron chi connectivity index (χ4n) is 5.30. The Morgan fingerprint density at radius 1 is 1.11 bits per heavy atom. The number of halogens is 2. The molecule has 1 fully saturated rings. The van der Waals surface area contributed by atoms with Gasteiger partial charge >= 0.3 is 0 Å². The third-order valence-corrected chi connectivity index (χ3v) is 7.09. The van der Waals surface area contributed by atoms with Gasteiger partial charge in [-0.3, -0.25) is 9.59 Å². The first-order valence-electron chi connectivity index (χ1n) is 12.6. The number of furan rings is 1. The quantitative estimate of drug-likeness (QED) is 0.338. The highest BCUT2D eigenvalue weighted by Crippen LogP contribution is 2.39. The average molecular weight is 511 g/mol. The van der Waals surface area contributed by atoms with Gasteiger partial charge in [0.2, 0.25) is 5.91 Å². The Balaban J connectivity index is 1.56. The van der Waals surface area contributed by atoms with Crippen molar-refractivity contribution >= 4 is 12.2 Å². The van der Waals surface area contributed by atoms with Gasteiger partial charge in [0.1, 0.15) is 17.4 Å². The second kappa shape index (κ2) is 11.8. The molecular weight excluding hydrogens is 478 g/mol. The van der Waals surface area contributed by atoms with E-state index in [1.165, 1.54) is 25.3 Å². The molecule has 6 nitrogen and oxygen atoms in total. The molecule has 196 valence electrons. The van der Waals surface area contributed by atoms with E-state index in [-0.39, 0.29) is 18.9 Å². The first kappa shape index (κ1) is 26.7. The molecule has 0 bridgehead atoms. The minimum atomic E-state index is -1.01. The van der Waals surface area contributed by atoms with Crippen molar-refractivity contribution in [1.29, 1.82) is 0 Å². The fraction of sp³-hybridized carbons (Fsp3) is 0.379. The number of hydrogen-bond donors (Lipinski definition) is 3. The standard InChI is InChI=1S/C29H32F2N2O4/c1-19(35)33-26(14-20-12-24(30)16-25(31)13-20)27(36)17-32-29(9-3-2-4-10-29)23-7-5-6-21(15-23)28-22(18-34)8-11-37-28/h5-8,11-13,15-16,18,26-27,32,36H,2-4,9-10,14,17H2,1H3,(H,33,35). The summed E-state index contributed by atoms with van der Waals surface area (Å²) in [4.78, 5) is 23.3. The van der Waals surface area contributed by atoms with E-state index in [1.807, 2.05) is 24.3 Å². The van der Waals surface area contributed by atoms with Crippen LogP contribution in [0.2, 0.25) is 0 Å². The summed E-state index contributed by atoms with van der Waals surface area (Å²) in [5, 5.41) is 17.4. The molecule has 1 saturated carbocycles. The van der Waals surface area contributed by atoms with Crippen LogP contribution < -0.4 is 10.6 Å². The zero-order valence-electron chi connectivity index (χ0n) is 20.8. The number of aliphatic hydroxyl groups is 1. The van der Waals surface area contributed by atoms with Crippen LogP contribution in [0.1, 0.15) is 60.5 Å². The number of aldehydes is 1. The number of hydrogen-bond acceptors (Lipinski definition) is 5. The number of nitrogens with one attached hydrogen (secondary N) is 2. The van der Waals surface area contributed by atoms with Crippen LogP contribution in [-0.2, 0) is 16.8 Å². The fourth-order valence-corrected chi connectivity index (χ4v) is 5.30. The highest BCUT2D eigenvalue weighted by atomic mass is 19.1. The zero-order valence-corrected chi connectivity index (χ0v) is 20.8. The smallest absolute Gasteiger partial charge is 0.217 e. The van der Waals surface area contributed by atoms with Crippen LogP contribution in [0.5, 0.6) is 0 Å². The monoisotopic (exact) mass is 510 g/mol. The van der Waals surface area contributed by atoms with Crippen molar-refractivity contribution in [1.82, 2.24) is 10.6 Å². The van der Waals surface area contributed by atoms with Gasteiger partial charge in [0, 0.05) is 30.6 Å². The molecule has 3 N–H and O–H groups in total. The first-order valence-corrected chi connectivity index (χ1v) is 12.6. The van der Waals surface area contributed by atoms with E-state index >= 15 is 0 Å². The number of amides is 1. The third-order valence-electron chi connectivity index (χ3n) is 7.09. The third kappa shape index (κ3) is 6.50. The largest absolute Gasteiger partial charge is 0.464 e. The number of carbonyl (C=O) groups excluding carboxylic acids is 2. The molecular formula is C29H32F2N2O4. The lowest BCUT2D eigenvalue weighted by Crippen LogP contribution is -2.53. The summed E-state index contributed by atoms with van der Waals surface area (Å²) >= 11 is 0. The van der Waals surface area contributed by atoms with Gasteiger partial charge < -0.3 is 20.2 Å². The van der Waals surface area contributed by atoms with Gasteiger partial charge in [-0.15, -0.1) is 0 Å². The van der Waals surface area contributed by atoms with Crippen molar-refractivity contribution in [3.63, 3.8) is 0 Å². The van der Waals surface area contributed by atoms with Gasteiger partial charge in [0.05, 0.1) is 24.0 Å². The average Bonchev–Trinajstić information content (AvgIpc) is 3.36. The minimum absolute atomic E-state index is 0.0759. The maximum Gasteiger partial charge on any atom is 0.217 e. The van der Waals surface area contributed by atoms with Crippen molar-refractivity contribution < 1.29 is 27.9 Å². The molecule has 3 aromatic rings. The van der Waals surface area contributed by atoms with Crippen molar-refractivity contribution in [2.24, 2.45) is 0 Å². The van der Waals surface area contributed by atoms with Gasteiger partial charge in [0.15, 0.2) is 6.29 Å². The van der Waals surface area contributed by atoms with E-state index in [0.717, 1.165) is 55.6 Å². The van der Waals surface area contributed by atoms with Crippen LogP contribution >= 0.6 is 0 Å². The molecule has 1 aromatic heterocycles. The molecule has 1 aliphatic carbocycles. The number of benzene rings is 2. The van der Waals surface area contributed by atoms with Gasteiger partial charge in [-0.2, -0.15) is 0 Å². The number of aliphatic hydroxyl groups excluding tert-OH is 1. The normalized spacial score (nSPS) is 16.6. The van der Waals surface area contributed by atoms with E-state index in [0.29, 0.717) is 16.9 Å². The molecule has 37 heavy (non-hydrogen) atoms. The summed E-state index contributed by atoms with van der Waals surface area (Å²) in [6.07, 6.45) is 6.14. The van der Waals surface area contributed by atoms with Crippen LogP contribution in [-0.4, -0.2) is 36.0 Å². The summed E-state index contributed by atoms with van der Waals surface area (Å²) in [6.45, 7) is 1.50. The number of rotatable bonds is 10. The van der Waals surface area contributed by atoms with E-state index in [1.54, 1.807) is 6.07 Å². The summed E-state index contributed by atoms with van der Waals surface area (Å²) in [5.41, 5.74) is 2.22. The van der Waals surface area contributed by atoms with Crippen molar-refractivity contribution in [3.8, 4) is 11.3 Å². The van der Waals surface area contributed by atoms with Crippen LogP contribution in [0.25, 0.3) is 11.3 Å². The van der Waals surface area contributed by atoms with Crippen LogP contribution in [0, 0.1) is 11.6 Å². The van der Waals surface area contributed by atoms with Crippen LogP contribution in [0.3, 0.4) is 0 Å². The lowest BCUT2D eigenvalue weighted by molar-refractivity contribution is -0.120. The van der Waals surface area contributed by atoms with Gasteiger partial charge in [-0.05, 0) is 54.7 Å². The molecule has 1 aliphatic rings. The Morgan fingerprint density at radius 3 is 2.51 bits per heavy atom. The van der Waals surface area contributed by atoms with Crippen LogP contribution in [0.15, 0.2) is 59.2 Å². The molecule has 0 spiro atoms. The highest BCUT2D eigenvalue weighted by Gasteiger charge is 2.35. The lowest BCUT2D eigenvalue weighted by atomic mass is 9.76. The summed E-state index contributed by atoms with van der Waals surface area (Å²) in [5.74, 6) is -1.25. The Morgan fingerprint density at radius 2 is 1.84 bits per heavy atom. The number of carbonyl (C=O) groups is 2. The zero-order chi connectivity index (χ0) is 26.4. The van der Waals surface area contributed by atoms with Crippen molar-refractivity contribution in [2.45, 2.75) is 63.1 Å². The summed E-state index contributed by atoms with van der Waals surface area (Å²) in [7, 11) is 0. The second-order valence-electron chi connectivity index (χ2n) is 9.78. The van der Waals surface area contributed by atoms with Crippen molar-refractivity contribution in [2.75, 3.05) is 6.54 Å². The second-order valence-corrected chi connectivity index (χ2v) is 9.78. The van der Waals surface area contributed by atoms with Gasteiger partial charge in [0.25, 0.3) is 0 Å². The predicted molar refractivity (Wildman–Crippen MR) is 136 cm³/mol. The molecule has 0 radical (unpaired) electrons. The SMILES string of the molecule is CC(=O)NC(Cc1cc(F)cc(F)c1)C(O)CNC1(c2cccc(-c3occc3C=O)c2)CCCCC1. The predicted octanol–water partition coefficient (Wildman–Crippen LogP) is 4.89. The molecule has 2 aromatic carbocycles. The summed E-state index contributed by atoms with van der Waals surface area (Å²) in [6, 6.07) is 11.9. The Hall–Kier alpha value is -3.36. The molecule has 1 heterocycles. The molecule has 4 rings (SSSR count). The van der Waals surface area contributed by atoms with Crippen LogP contribution in [0.4, 0.5) is 8.78 Å². The highest BCUT2D eigenvalue weighted by molar-refractivity contribution is 5.85. The van der Waals surface area contributed by atoms with Gasteiger partial charge in [-0.25, -0.2) is 8.78 Å². The lowest BCUT2D eigenvalue weighted by Gasteiger charge is -2.40. The molecule has 2 atom stereocenters. The van der Waals surface area contributed by atoms with E-state index in [2.05, 4.69) is 10.6 Å². The first-order chi connectivity index (χ1) is 17.8. The van der Waals surface area contributed by atoms with Crippen molar-refractivity contribution in [3.05, 3.63) is 83.1 Å². The minimum Gasteiger partial charge on any atom is -0.464 e. The molecule has 8 heteroatoms. The molecule has 1 amide bonds. The Kier molecular flexibility index (Phi) is 8.51. The molecule has 0 aliphatic heterocycles. The molecule has 0 saturated heterocycles. The molecule has 2 unspecified atom stereocenters. The Labute approximate surface area is 215 Å². The van der Waals surface area contributed by atoms with E-state index < -0.39 is 29.3 Å². The summed E-state index contributed by atoms with van der Waals surface area (Å²) < 4.78 is 33.0. The van der Waals surface area contributed by atoms with Gasteiger partial charge in [-0.1, -0.05) is 37.5 Å². The van der Waals surface area contributed by atoms with E-state index in [9.17, 15) is 23.5 Å². The Bertz CT molecular complexity index is 1220. The maximum absolute atomic E-state index is 13.7.